The van der Waals surface area contributed by atoms with Crippen molar-refractivity contribution >= 4 is 23.5 Å². The fraction of sp³-hybridized carbons (Fsp3) is 0.190. The number of pyridine rings is 2. The number of allylic oxidation sites excluding steroid dienone is 1. The predicted molar refractivity (Wildman–Crippen MR) is 113 cm³/mol. The van der Waals surface area contributed by atoms with Gasteiger partial charge in [-0.05, 0) is 44.2 Å². The molecule has 7 heteroatoms. The maximum Gasteiger partial charge on any atom is 0.269 e. The van der Waals surface area contributed by atoms with Crippen molar-refractivity contribution in [3.63, 3.8) is 0 Å². The van der Waals surface area contributed by atoms with E-state index in [1.54, 1.807) is 15.3 Å². The highest BCUT2D eigenvalue weighted by Crippen LogP contribution is 2.36. The van der Waals surface area contributed by atoms with Crippen molar-refractivity contribution in [2.24, 2.45) is 7.05 Å². The SMILES string of the molecule is C=C1C=Cc2cc(-c3cc(Cl)c(=O)n(C(C)C)c3)c(-c3ccn(C)n3)nc2N1. The van der Waals surface area contributed by atoms with E-state index in [1.165, 1.54) is 0 Å². The molecule has 0 unspecified atom stereocenters. The first-order valence-electron chi connectivity index (χ1n) is 8.94. The first kappa shape index (κ1) is 18.3. The van der Waals surface area contributed by atoms with Crippen LogP contribution in [-0.2, 0) is 7.05 Å². The summed E-state index contributed by atoms with van der Waals surface area (Å²) in [7, 11) is 1.86. The zero-order valence-electron chi connectivity index (χ0n) is 15.9. The van der Waals surface area contributed by atoms with Gasteiger partial charge in [0.05, 0.1) is 0 Å². The molecule has 0 spiro atoms. The third-order valence-electron chi connectivity index (χ3n) is 4.62. The monoisotopic (exact) mass is 393 g/mol. The Bertz CT molecular complexity index is 1190. The van der Waals surface area contributed by atoms with Gasteiger partial charge in [0.2, 0.25) is 0 Å². The van der Waals surface area contributed by atoms with Crippen LogP contribution in [0, 0.1) is 0 Å². The summed E-state index contributed by atoms with van der Waals surface area (Å²) in [6.45, 7) is 7.84. The van der Waals surface area contributed by atoms with E-state index >= 15 is 0 Å². The third-order valence-corrected chi connectivity index (χ3v) is 4.89. The fourth-order valence-electron chi connectivity index (χ4n) is 3.19. The molecule has 0 saturated heterocycles. The van der Waals surface area contributed by atoms with Crippen molar-refractivity contribution in [2.45, 2.75) is 19.9 Å². The number of hydrogen-bond donors (Lipinski definition) is 1. The molecule has 0 atom stereocenters. The fourth-order valence-corrected chi connectivity index (χ4v) is 3.41. The number of aromatic nitrogens is 4. The first-order valence-corrected chi connectivity index (χ1v) is 9.32. The predicted octanol–water partition coefficient (Wildman–Crippen LogP) is 4.50. The van der Waals surface area contributed by atoms with Crippen molar-refractivity contribution in [1.82, 2.24) is 19.3 Å². The van der Waals surface area contributed by atoms with E-state index in [2.05, 4.69) is 17.0 Å². The lowest BCUT2D eigenvalue weighted by Crippen LogP contribution is -2.21. The number of rotatable bonds is 3. The molecule has 3 aromatic rings. The summed E-state index contributed by atoms with van der Waals surface area (Å²) in [6.07, 6.45) is 7.56. The second-order valence-electron chi connectivity index (χ2n) is 7.06. The lowest BCUT2D eigenvalue weighted by Gasteiger charge is -2.19. The molecule has 3 aromatic heterocycles. The maximum atomic E-state index is 12.4. The highest BCUT2D eigenvalue weighted by atomic mass is 35.5. The van der Waals surface area contributed by atoms with Crippen molar-refractivity contribution in [3.8, 4) is 22.5 Å². The summed E-state index contributed by atoms with van der Waals surface area (Å²) in [5.74, 6) is 0.722. The summed E-state index contributed by atoms with van der Waals surface area (Å²) in [5, 5.41) is 7.89. The Labute approximate surface area is 167 Å². The van der Waals surface area contributed by atoms with Gasteiger partial charge >= 0.3 is 0 Å². The molecule has 4 heterocycles. The van der Waals surface area contributed by atoms with Gasteiger partial charge in [-0.25, -0.2) is 4.98 Å². The van der Waals surface area contributed by atoms with E-state index < -0.39 is 0 Å². The molecule has 0 bridgehead atoms. The van der Waals surface area contributed by atoms with E-state index in [0.717, 1.165) is 33.9 Å². The summed E-state index contributed by atoms with van der Waals surface area (Å²) in [6, 6.07) is 5.62. The Morgan fingerprint density at radius 3 is 2.71 bits per heavy atom. The van der Waals surface area contributed by atoms with Crippen molar-refractivity contribution in [1.29, 1.82) is 0 Å². The molecule has 0 amide bonds. The van der Waals surface area contributed by atoms with Crippen LogP contribution in [0.2, 0.25) is 5.02 Å². The maximum absolute atomic E-state index is 12.4. The minimum Gasteiger partial charge on any atom is -0.340 e. The van der Waals surface area contributed by atoms with Crippen LogP contribution in [0.1, 0.15) is 25.5 Å². The minimum absolute atomic E-state index is 0.0151. The molecule has 1 aliphatic rings. The van der Waals surface area contributed by atoms with E-state index in [1.807, 2.05) is 57.6 Å². The van der Waals surface area contributed by atoms with E-state index in [-0.39, 0.29) is 16.6 Å². The summed E-state index contributed by atoms with van der Waals surface area (Å²) in [4.78, 5) is 17.2. The molecule has 6 nitrogen and oxygen atoms in total. The van der Waals surface area contributed by atoms with Gasteiger partial charge in [-0.2, -0.15) is 5.10 Å². The van der Waals surface area contributed by atoms with Crippen LogP contribution in [0.4, 0.5) is 5.82 Å². The van der Waals surface area contributed by atoms with Gasteiger partial charge in [0.15, 0.2) is 0 Å². The molecule has 28 heavy (non-hydrogen) atoms. The topological polar surface area (TPSA) is 64.7 Å². The quantitative estimate of drug-likeness (QED) is 0.711. The molecular formula is C21H20ClN5O. The normalized spacial score (nSPS) is 13.0. The number of nitrogens with one attached hydrogen (secondary N) is 1. The van der Waals surface area contributed by atoms with E-state index in [4.69, 9.17) is 16.6 Å². The molecule has 0 fully saturated rings. The zero-order valence-corrected chi connectivity index (χ0v) is 16.7. The van der Waals surface area contributed by atoms with Gasteiger partial charge in [0.1, 0.15) is 22.2 Å². The smallest absolute Gasteiger partial charge is 0.269 e. The van der Waals surface area contributed by atoms with Crippen LogP contribution >= 0.6 is 11.6 Å². The second kappa shape index (κ2) is 6.80. The Balaban J connectivity index is 2.00. The van der Waals surface area contributed by atoms with Crippen molar-refractivity contribution in [2.75, 3.05) is 5.32 Å². The van der Waals surface area contributed by atoms with Crippen molar-refractivity contribution in [3.05, 3.63) is 69.9 Å². The summed E-state index contributed by atoms with van der Waals surface area (Å²) < 4.78 is 3.36. The van der Waals surface area contributed by atoms with Gasteiger partial charge in [-0.1, -0.05) is 18.2 Å². The Hall–Kier alpha value is -3.12. The Morgan fingerprint density at radius 1 is 1.25 bits per heavy atom. The largest absolute Gasteiger partial charge is 0.340 e. The van der Waals surface area contributed by atoms with Gasteiger partial charge in [0.25, 0.3) is 5.56 Å². The van der Waals surface area contributed by atoms with Gasteiger partial charge in [-0.3, -0.25) is 9.48 Å². The molecule has 0 radical (unpaired) electrons. The lowest BCUT2D eigenvalue weighted by atomic mass is 9.99. The molecule has 1 aliphatic heterocycles. The van der Waals surface area contributed by atoms with Gasteiger partial charge in [-0.15, -0.1) is 0 Å². The van der Waals surface area contributed by atoms with Crippen LogP contribution in [0.15, 0.2) is 53.7 Å². The molecular weight excluding hydrogens is 374 g/mol. The highest BCUT2D eigenvalue weighted by Gasteiger charge is 2.19. The van der Waals surface area contributed by atoms with Gasteiger partial charge in [0, 0.05) is 47.9 Å². The third kappa shape index (κ3) is 3.16. The van der Waals surface area contributed by atoms with Crippen LogP contribution in [0.3, 0.4) is 0 Å². The molecule has 1 N–H and O–H groups in total. The van der Waals surface area contributed by atoms with Crippen LogP contribution in [0.5, 0.6) is 0 Å². The number of fused-ring (bicyclic) bond motifs is 1. The number of hydrogen-bond acceptors (Lipinski definition) is 4. The first-order chi connectivity index (χ1) is 13.3. The van der Waals surface area contributed by atoms with E-state index in [9.17, 15) is 4.79 Å². The molecule has 0 saturated carbocycles. The lowest BCUT2D eigenvalue weighted by molar-refractivity contribution is 0.579. The molecule has 0 aliphatic carbocycles. The Kier molecular flexibility index (Phi) is 4.43. The molecule has 142 valence electrons. The summed E-state index contributed by atoms with van der Waals surface area (Å²) >= 11 is 6.27. The second-order valence-corrected chi connectivity index (χ2v) is 7.47. The number of aryl methyl sites for hydroxylation is 1. The molecule has 4 rings (SSSR count). The standard InChI is InChI=1S/C21H20ClN5O/c1-12(2)27-11-15(10-17(22)21(27)28)16-9-14-6-5-13(3)23-20(14)24-19(16)18-7-8-26(4)25-18/h5-12H,3H2,1-2,4H3,(H,23,24). The summed E-state index contributed by atoms with van der Waals surface area (Å²) in [5.41, 5.74) is 4.61. The highest BCUT2D eigenvalue weighted by molar-refractivity contribution is 6.30. The Morgan fingerprint density at radius 2 is 2.04 bits per heavy atom. The van der Waals surface area contributed by atoms with Crippen LogP contribution in [0.25, 0.3) is 28.6 Å². The number of anilines is 1. The van der Waals surface area contributed by atoms with E-state index in [0.29, 0.717) is 5.69 Å². The van der Waals surface area contributed by atoms with Gasteiger partial charge < -0.3 is 9.88 Å². The number of nitrogens with zero attached hydrogens (tertiary/aromatic N) is 4. The van der Waals surface area contributed by atoms with Crippen molar-refractivity contribution < 1.29 is 0 Å². The van der Waals surface area contributed by atoms with Crippen LogP contribution < -0.4 is 10.9 Å². The zero-order chi connectivity index (χ0) is 20.0. The minimum atomic E-state index is -0.205. The van der Waals surface area contributed by atoms with Crippen LogP contribution in [-0.4, -0.2) is 19.3 Å². The average Bonchev–Trinajstić information content (AvgIpc) is 3.08. The number of halogens is 1. The molecule has 0 aromatic carbocycles. The average molecular weight is 394 g/mol.